The maximum absolute atomic E-state index is 11.3. The Morgan fingerprint density at radius 1 is 0.952 bits per heavy atom. The second kappa shape index (κ2) is 4.85. The molecule has 0 saturated carbocycles. The zero-order chi connectivity index (χ0) is 14.5. The molecule has 3 rings (SSSR count). The van der Waals surface area contributed by atoms with Gasteiger partial charge in [-0.3, -0.25) is 0 Å². The van der Waals surface area contributed by atoms with E-state index in [4.69, 9.17) is 11.5 Å². The molecule has 8 N–H and O–H groups in total. The number of nitrogens with two attached hydrogens (primary N) is 2. The first kappa shape index (κ1) is 15.0. The van der Waals surface area contributed by atoms with Crippen LogP contribution in [0.1, 0.15) is 0 Å². The molecule has 0 saturated heterocycles. The molecule has 21 heavy (non-hydrogen) atoms. The fourth-order valence-electron chi connectivity index (χ4n) is 2.14. The molecule has 110 valence electrons. The summed E-state index contributed by atoms with van der Waals surface area (Å²) in [5, 5.41) is 0.952. The smallest absolute Gasteiger partial charge is 0.125 e. The molecule has 8 heteroatoms. The van der Waals surface area contributed by atoms with Crippen LogP contribution in [0.2, 0.25) is 0 Å². The second-order valence-electron chi connectivity index (χ2n) is 4.48. The maximum Gasteiger partial charge on any atom is 0.125 e. The molecule has 0 amide bonds. The summed E-state index contributed by atoms with van der Waals surface area (Å²) in [4.78, 5) is 3.95. The van der Waals surface area contributed by atoms with Crippen LogP contribution in [0.15, 0.2) is 41.3 Å². The van der Waals surface area contributed by atoms with E-state index in [2.05, 4.69) is 4.98 Å². The van der Waals surface area contributed by atoms with Gasteiger partial charge in [0, 0.05) is 22.1 Å². The lowest BCUT2D eigenvalue weighted by atomic mass is 10.1. The van der Waals surface area contributed by atoms with Crippen LogP contribution in [-0.4, -0.2) is 18.0 Å². The third-order valence-electron chi connectivity index (χ3n) is 3.01. The molecule has 3 aromatic rings. The molecule has 0 aliphatic heterocycles. The Kier molecular flexibility index (Phi) is 3.46. The van der Waals surface area contributed by atoms with E-state index in [1.165, 1.54) is 6.07 Å². The fraction of sp³-hybridized carbons (Fsp3) is 0. The van der Waals surface area contributed by atoms with Gasteiger partial charge in [0.2, 0.25) is 0 Å². The maximum atomic E-state index is 11.3. The molecule has 0 fully saturated rings. The highest BCUT2D eigenvalue weighted by atomic mass is 32.2. The number of nitrogens with zero attached hydrogens (tertiary/aromatic N) is 1. The van der Waals surface area contributed by atoms with Gasteiger partial charge in [-0.05, 0) is 30.3 Å². The summed E-state index contributed by atoms with van der Waals surface area (Å²) >= 11 is 0. The van der Waals surface area contributed by atoms with Crippen molar-refractivity contribution in [3.05, 3.63) is 36.4 Å². The number of quaternary nitrogens is 1. The van der Waals surface area contributed by atoms with Crippen LogP contribution in [-0.2, 0) is 10.1 Å². The van der Waals surface area contributed by atoms with Crippen molar-refractivity contribution in [3.63, 3.8) is 0 Å². The number of benzene rings is 2. The zero-order valence-electron chi connectivity index (χ0n) is 11.2. The Morgan fingerprint density at radius 2 is 1.62 bits per heavy atom. The van der Waals surface area contributed by atoms with Crippen LogP contribution in [0.5, 0.6) is 0 Å². The third kappa shape index (κ3) is 2.59. The summed E-state index contributed by atoms with van der Waals surface area (Å²) < 4.78 is 34.0. The number of hydrogen-bond donors (Lipinski definition) is 3. The van der Waals surface area contributed by atoms with Gasteiger partial charge in [0.05, 0.1) is 15.9 Å². The van der Waals surface area contributed by atoms with Crippen molar-refractivity contribution >= 4 is 43.3 Å². The largest absolute Gasteiger partial charge is 0.744 e. The van der Waals surface area contributed by atoms with Gasteiger partial charge in [-0.2, -0.15) is 0 Å². The minimum atomic E-state index is -4.62. The molecule has 1 aromatic heterocycles. The van der Waals surface area contributed by atoms with E-state index in [1.807, 2.05) is 0 Å². The number of hydrogen-bond acceptors (Lipinski definition) is 6. The SMILES string of the molecule is Nc1ccc2cc3c(S(=O)(=O)[O-])cc(N)cc3nc2c1.[NH4+]. The summed E-state index contributed by atoms with van der Waals surface area (Å²) in [6.07, 6.45) is 0. The summed E-state index contributed by atoms with van der Waals surface area (Å²) in [5.74, 6) is 0. The van der Waals surface area contributed by atoms with Gasteiger partial charge < -0.3 is 22.2 Å². The van der Waals surface area contributed by atoms with Crippen LogP contribution in [0, 0.1) is 0 Å². The van der Waals surface area contributed by atoms with Crippen LogP contribution in [0.4, 0.5) is 11.4 Å². The quantitative estimate of drug-likeness (QED) is 0.353. The van der Waals surface area contributed by atoms with Crippen molar-refractivity contribution in [2.24, 2.45) is 0 Å². The summed E-state index contributed by atoms with van der Waals surface area (Å²) in [6, 6.07) is 9.33. The minimum Gasteiger partial charge on any atom is -0.744 e. The van der Waals surface area contributed by atoms with Crippen molar-refractivity contribution in [1.29, 1.82) is 0 Å². The molecule has 0 unspecified atom stereocenters. The summed E-state index contributed by atoms with van der Waals surface area (Å²) in [6.45, 7) is 0. The molecule has 1 heterocycles. The molecule has 2 aromatic carbocycles. The molecule has 0 aliphatic rings. The predicted octanol–water partition coefficient (Wildman–Crippen LogP) is 1.83. The lowest BCUT2D eigenvalue weighted by Crippen LogP contribution is -2.02. The van der Waals surface area contributed by atoms with Crippen molar-refractivity contribution in [2.45, 2.75) is 4.90 Å². The topological polar surface area (TPSA) is 159 Å². The molecule has 0 radical (unpaired) electrons. The number of aromatic nitrogens is 1. The average Bonchev–Trinajstić information content (AvgIpc) is 2.34. The predicted molar refractivity (Wildman–Crippen MR) is 82.0 cm³/mol. The highest BCUT2D eigenvalue weighted by Gasteiger charge is 2.11. The van der Waals surface area contributed by atoms with Crippen molar-refractivity contribution in [2.75, 3.05) is 11.5 Å². The molecular weight excluding hydrogens is 292 g/mol. The van der Waals surface area contributed by atoms with Gasteiger partial charge >= 0.3 is 0 Å². The first-order valence-electron chi connectivity index (χ1n) is 5.70. The minimum absolute atomic E-state index is 0. The lowest BCUT2D eigenvalue weighted by Gasteiger charge is -2.12. The highest BCUT2D eigenvalue weighted by molar-refractivity contribution is 7.86. The van der Waals surface area contributed by atoms with Gasteiger partial charge in [-0.1, -0.05) is 6.07 Å². The number of anilines is 2. The first-order valence-corrected chi connectivity index (χ1v) is 7.11. The second-order valence-corrected chi connectivity index (χ2v) is 5.83. The van der Waals surface area contributed by atoms with Gasteiger partial charge in [0.15, 0.2) is 0 Å². The standard InChI is InChI=1S/C13H11N3O3S.H3N/c14-8-2-1-7-3-10-12(16-11(7)4-8)5-9(15)6-13(10)20(17,18)19;/h1-6H,14-15H2,(H,17,18,19);1H3. The molecule has 0 atom stereocenters. The van der Waals surface area contributed by atoms with Crippen LogP contribution >= 0.6 is 0 Å². The van der Waals surface area contributed by atoms with Crippen LogP contribution in [0.25, 0.3) is 21.8 Å². The number of fused-ring (bicyclic) bond motifs is 2. The first-order chi connectivity index (χ1) is 9.34. The molecule has 7 nitrogen and oxygen atoms in total. The molecule has 0 spiro atoms. The van der Waals surface area contributed by atoms with E-state index >= 15 is 0 Å². The third-order valence-corrected chi connectivity index (χ3v) is 3.88. The summed E-state index contributed by atoms with van der Waals surface area (Å²) in [5.41, 5.74) is 13.0. The molecule has 0 bridgehead atoms. The van der Waals surface area contributed by atoms with Crippen LogP contribution < -0.4 is 17.6 Å². The van der Waals surface area contributed by atoms with E-state index in [0.717, 1.165) is 6.07 Å². The van der Waals surface area contributed by atoms with Gasteiger partial charge in [0.25, 0.3) is 0 Å². The Labute approximate surface area is 120 Å². The van der Waals surface area contributed by atoms with Crippen molar-refractivity contribution in [1.82, 2.24) is 11.1 Å². The Morgan fingerprint density at radius 3 is 2.29 bits per heavy atom. The Bertz CT molecular complexity index is 954. The van der Waals surface area contributed by atoms with E-state index in [1.54, 1.807) is 24.3 Å². The van der Waals surface area contributed by atoms with E-state index in [-0.39, 0.29) is 22.1 Å². The van der Waals surface area contributed by atoms with Gasteiger partial charge in [-0.25, -0.2) is 13.4 Å². The zero-order valence-corrected chi connectivity index (χ0v) is 12.0. The van der Waals surface area contributed by atoms with Crippen molar-refractivity contribution < 1.29 is 13.0 Å². The molecular formula is C13H14N4O3S. The number of rotatable bonds is 1. The average molecular weight is 306 g/mol. The van der Waals surface area contributed by atoms with E-state index in [9.17, 15) is 13.0 Å². The molecule has 0 aliphatic carbocycles. The fourth-order valence-corrected chi connectivity index (χ4v) is 2.86. The van der Waals surface area contributed by atoms with Crippen LogP contribution in [0.3, 0.4) is 0 Å². The Balaban J connectivity index is 0.00000161. The van der Waals surface area contributed by atoms with E-state index in [0.29, 0.717) is 22.1 Å². The lowest BCUT2D eigenvalue weighted by molar-refractivity contribution is 0.464. The van der Waals surface area contributed by atoms with E-state index < -0.39 is 10.1 Å². The van der Waals surface area contributed by atoms with Gasteiger partial charge in [0.1, 0.15) is 10.1 Å². The monoisotopic (exact) mass is 306 g/mol. The highest BCUT2D eigenvalue weighted by Crippen LogP contribution is 2.28. The summed E-state index contributed by atoms with van der Waals surface area (Å²) in [7, 11) is -4.62. The van der Waals surface area contributed by atoms with Crippen molar-refractivity contribution in [3.8, 4) is 0 Å². The Hall–Kier alpha value is -2.42. The van der Waals surface area contributed by atoms with Gasteiger partial charge in [-0.15, -0.1) is 0 Å². The number of pyridine rings is 1. The number of nitrogen functional groups attached to an aromatic ring is 2. The normalized spacial score (nSPS) is 11.5.